The molecule has 2 aliphatic heterocycles. The summed E-state index contributed by atoms with van der Waals surface area (Å²) in [6, 6.07) is 2.27. The van der Waals surface area contributed by atoms with E-state index in [-0.39, 0.29) is 36.7 Å². The van der Waals surface area contributed by atoms with E-state index in [4.69, 9.17) is 4.74 Å². The van der Waals surface area contributed by atoms with Crippen LogP contribution in [0.25, 0.3) is 0 Å². The first-order valence-electron chi connectivity index (χ1n) is 8.59. The number of hydrogen-bond acceptors (Lipinski definition) is 5. The zero-order valence-corrected chi connectivity index (χ0v) is 14.3. The monoisotopic (exact) mass is 377 g/mol. The number of cyclic esters (lactones) is 1. The zero-order chi connectivity index (χ0) is 19.0. The van der Waals surface area contributed by atoms with Crippen molar-refractivity contribution >= 4 is 17.7 Å². The van der Waals surface area contributed by atoms with Gasteiger partial charge < -0.3 is 10.1 Å². The molecule has 3 heterocycles. The summed E-state index contributed by atoms with van der Waals surface area (Å²) < 4.78 is 36.0. The Morgan fingerprint density at radius 2 is 2.04 bits per heavy atom. The number of anilines is 1. The van der Waals surface area contributed by atoms with Gasteiger partial charge in [0, 0.05) is 30.6 Å². The maximum atomic E-state index is 14.6. The van der Waals surface area contributed by atoms with E-state index in [2.05, 4.69) is 15.6 Å². The molecule has 2 aliphatic rings. The van der Waals surface area contributed by atoms with Crippen LogP contribution in [0.5, 0.6) is 0 Å². The van der Waals surface area contributed by atoms with Crippen LogP contribution in [0.15, 0.2) is 24.5 Å². The maximum Gasteiger partial charge on any atom is 0.414 e. The van der Waals surface area contributed by atoms with Crippen molar-refractivity contribution < 1.29 is 23.1 Å². The van der Waals surface area contributed by atoms with Crippen LogP contribution in [0, 0.1) is 11.6 Å². The number of carbonyl (C=O) groups is 2. The van der Waals surface area contributed by atoms with Crippen molar-refractivity contribution in [2.75, 3.05) is 18.0 Å². The van der Waals surface area contributed by atoms with Crippen LogP contribution in [-0.2, 0) is 16.1 Å². The molecular weight excluding hydrogens is 360 g/mol. The summed E-state index contributed by atoms with van der Waals surface area (Å²) in [5.41, 5.74) is 0.0326. The molecule has 1 N–H and O–H groups in total. The third-order valence-electron chi connectivity index (χ3n) is 4.79. The second-order valence-electron chi connectivity index (χ2n) is 6.60. The number of nitrogens with zero attached hydrogens (tertiary/aromatic N) is 4. The van der Waals surface area contributed by atoms with Crippen molar-refractivity contribution in [2.45, 2.75) is 31.4 Å². The lowest BCUT2D eigenvalue weighted by Gasteiger charge is -2.24. The van der Waals surface area contributed by atoms with Gasteiger partial charge in [-0.15, -0.1) is 5.10 Å². The Morgan fingerprint density at radius 3 is 2.67 bits per heavy atom. The average Bonchev–Trinajstić information content (AvgIpc) is 3.26. The van der Waals surface area contributed by atoms with E-state index >= 15 is 0 Å². The summed E-state index contributed by atoms with van der Waals surface area (Å²) in [6.45, 7) is 0.640. The average molecular weight is 377 g/mol. The molecule has 1 aromatic carbocycles. The van der Waals surface area contributed by atoms with Gasteiger partial charge >= 0.3 is 6.09 Å². The molecule has 27 heavy (non-hydrogen) atoms. The van der Waals surface area contributed by atoms with E-state index in [0.29, 0.717) is 13.0 Å². The third-order valence-corrected chi connectivity index (χ3v) is 4.79. The molecule has 0 bridgehead atoms. The minimum absolute atomic E-state index is 0.0644. The largest absolute Gasteiger partial charge is 0.442 e. The van der Waals surface area contributed by atoms with Gasteiger partial charge in [-0.2, -0.15) is 0 Å². The lowest BCUT2D eigenvalue weighted by atomic mass is 9.90. The van der Waals surface area contributed by atoms with Crippen LogP contribution in [0.1, 0.15) is 24.3 Å². The lowest BCUT2D eigenvalue weighted by Crippen LogP contribution is -2.34. The molecule has 0 aliphatic carbocycles. The van der Waals surface area contributed by atoms with Gasteiger partial charge in [0.15, 0.2) is 0 Å². The van der Waals surface area contributed by atoms with Gasteiger partial charge in [-0.1, -0.05) is 5.21 Å². The normalized spacial score (nSPS) is 22.7. The van der Waals surface area contributed by atoms with Gasteiger partial charge in [0.25, 0.3) is 0 Å². The fourth-order valence-corrected chi connectivity index (χ4v) is 3.46. The number of nitrogens with one attached hydrogen (secondary N) is 1. The topological polar surface area (TPSA) is 89.3 Å². The molecule has 2 saturated heterocycles. The molecule has 4 rings (SSSR count). The highest BCUT2D eigenvalue weighted by Gasteiger charge is 2.34. The van der Waals surface area contributed by atoms with Crippen LogP contribution in [0.4, 0.5) is 19.3 Å². The predicted molar refractivity (Wildman–Crippen MR) is 89.0 cm³/mol. The quantitative estimate of drug-likeness (QED) is 0.874. The van der Waals surface area contributed by atoms with E-state index in [1.165, 1.54) is 15.8 Å². The summed E-state index contributed by atoms with van der Waals surface area (Å²) in [4.78, 5) is 24.6. The second-order valence-corrected chi connectivity index (χ2v) is 6.60. The van der Waals surface area contributed by atoms with Crippen LogP contribution >= 0.6 is 0 Å². The maximum absolute atomic E-state index is 14.6. The summed E-state index contributed by atoms with van der Waals surface area (Å²) in [5.74, 6) is -2.03. The Balaban J connectivity index is 1.52. The zero-order valence-electron chi connectivity index (χ0n) is 14.3. The van der Waals surface area contributed by atoms with Crippen molar-refractivity contribution in [3.8, 4) is 0 Å². The molecule has 2 fully saturated rings. The van der Waals surface area contributed by atoms with E-state index in [1.807, 2.05) is 0 Å². The number of halogens is 2. The molecule has 2 unspecified atom stereocenters. The van der Waals surface area contributed by atoms with E-state index in [0.717, 1.165) is 12.1 Å². The van der Waals surface area contributed by atoms with Crippen LogP contribution in [0.3, 0.4) is 0 Å². The smallest absolute Gasteiger partial charge is 0.414 e. The fourth-order valence-electron chi connectivity index (χ4n) is 3.46. The van der Waals surface area contributed by atoms with Gasteiger partial charge in [0.1, 0.15) is 17.7 Å². The minimum atomic E-state index is -0.737. The lowest BCUT2D eigenvalue weighted by molar-refractivity contribution is -0.122. The molecule has 0 spiro atoms. The number of carbonyl (C=O) groups excluding carboxylic acids is 2. The molecule has 2 aromatic rings. The van der Waals surface area contributed by atoms with Crippen molar-refractivity contribution in [3.05, 3.63) is 41.7 Å². The summed E-state index contributed by atoms with van der Waals surface area (Å²) in [7, 11) is 0. The fraction of sp³-hybridized carbons (Fsp3) is 0.412. The first kappa shape index (κ1) is 17.4. The van der Waals surface area contributed by atoms with Crippen molar-refractivity contribution in [2.24, 2.45) is 0 Å². The Bertz CT molecular complexity index is 840. The predicted octanol–water partition coefficient (Wildman–Crippen LogP) is 1.58. The minimum Gasteiger partial charge on any atom is -0.442 e. The molecule has 2 amide bonds. The number of rotatable bonds is 4. The molecule has 0 radical (unpaired) electrons. The van der Waals surface area contributed by atoms with Crippen LogP contribution in [0.2, 0.25) is 0 Å². The number of amides is 2. The first-order valence-corrected chi connectivity index (χ1v) is 8.59. The molecule has 2 atom stereocenters. The van der Waals surface area contributed by atoms with Gasteiger partial charge in [0.2, 0.25) is 5.91 Å². The summed E-state index contributed by atoms with van der Waals surface area (Å²) in [6.07, 6.45) is 2.58. The highest BCUT2D eigenvalue weighted by atomic mass is 19.1. The second kappa shape index (κ2) is 6.93. The van der Waals surface area contributed by atoms with E-state index in [9.17, 15) is 18.4 Å². The Morgan fingerprint density at radius 1 is 1.26 bits per heavy atom. The van der Waals surface area contributed by atoms with Gasteiger partial charge in [-0.05, 0) is 18.6 Å². The molecule has 10 heteroatoms. The highest BCUT2D eigenvalue weighted by Crippen LogP contribution is 2.32. The van der Waals surface area contributed by atoms with Gasteiger partial charge in [-0.3, -0.25) is 9.69 Å². The summed E-state index contributed by atoms with van der Waals surface area (Å²) in [5, 5.41) is 10.1. The molecular formula is C17H17F2N5O3. The van der Waals surface area contributed by atoms with E-state index in [1.54, 1.807) is 6.20 Å². The van der Waals surface area contributed by atoms with Crippen LogP contribution in [-0.4, -0.2) is 46.2 Å². The Hall–Kier alpha value is -3.04. The third kappa shape index (κ3) is 3.46. The number of ether oxygens (including phenoxy) is 1. The standard InChI is InChI=1S/C17H17F2N5O3/c18-13-5-11(6-14(19)16(13)10-1-2-15(25)20-7-10)24-9-12(27-17(24)26)8-23-4-3-21-22-23/h3-6,10,12H,1-2,7-9H2,(H,20,25). The Kier molecular flexibility index (Phi) is 4.46. The number of piperidine rings is 1. The highest BCUT2D eigenvalue weighted by molar-refractivity contribution is 5.89. The van der Waals surface area contributed by atoms with Crippen molar-refractivity contribution in [1.82, 2.24) is 20.3 Å². The van der Waals surface area contributed by atoms with Crippen molar-refractivity contribution in [1.29, 1.82) is 0 Å². The number of benzene rings is 1. The van der Waals surface area contributed by atoms with Gasteiger partial charge in [0.05, 0.1) is 25.0 Å². The first-order chi connectivity index (χ1) is 13.0. The van der Waals surface area contributed by atoms with Gasteiger partial charge in [-0.25, -0.2) is 18.3 Å². The Labute approximate surface area is 153 Å². The molecule has 1 aromatic heterocycles. The van der Waals surface area contributed by atoms with E-state index < -0.39 is 29.7 Å². The molecule has 142 valence electrons. The molecule has 0 saturated carbocycles. The summed E-state index contributed by atoms with van der Waals surface area (Å²) >= 11 is 0. The number of hydrogen-bond donors (Lipinski definition) is 1. The molecule has 8 nitrogen and oxygen atoms in total. The SMILES string of the molecule is O=C1CCC(c2c(F)cc(N3CC(Cn4ccnn4)OC3=O)cc2F)CN1. The van der Waals surface area contributed by atoms with Crippen LogP contribution < -0.4 is 10.2 Å². The number of aromatic nitrogens is 3. The van der Waals surface area contributed by atoms with Crippen molar-refractivity contribution in [3.63, 3.8) is 0 Å².